The first-order chi connectivity index (χ1) is 12.0. The van der Waals surface area contributed by atoms with Crippen molar-refractivity contribution in [2.24, 2.45) is 0 Å². The Hall–Kier alpha value is -2.70. The van der Waals surface area contributed by atoms with Crippen LogP contribution in [0.1, 0.15) is 23.2 Å². The second kappa shape index (κ2) is 7.46. The number of hydrogen-bond acceptors (Lipinski definition) is 5. The Morgan fingerprint density at radius 2 is 2.12 bits per heavy atom. The predicted octanol–water partition coefficient (Wildman–Crippen LogP) is 2.08. The zero-order valence-electron chi connectivity index (χ0n) is 14.4. The fraction of sp³-hybridized carbons (Fsp3) is 0.389. The summed E-state index contributed by atoms with van der Waals surface area (Å²) in [6.07, 6.45) is 3.35. The molecule has 0 unspecified atom stereocenters. The molecule has 1 aromatic carbocycles. The molecule has 1 N–H and O–H groups in total. The highest BCUT2D eigenvalue weighted by molar-refractivity contribution is 5.94. The minimum atomic E-state index is -0.501. The Labute approximate surface area is 146 Å². The summed E-state index contributed by atoms with van der Waals surface area (Å²) < 4.78 is 13.8. The molecule has 2 aromatic rings. The van der Waals surface area contributed by atoms with Crippen LogP contribution >= 0.6 is 0 Å². The van der Waals surface area contributed by atoms with Crippen molar-refractivity contribution < 1.29 is 9.18 Å². The van der Waals surface area contributed by atoms with Crippen LogP contribution in [0.5, 0.6) is 0 Å². The van der Waals surface area contributed by atoms with Gasteiger partial charge in [-0.2, -0.15) is 0 Å². The molecule has 1 aromatic heterocycles. The summed E-state index contributed by atoms with van der Waals surface area (Å²) in [6, 6.07) is 7.92. The van der Waals surface area contributed by atoms with E-state index in [1.807, 2.05) is 25.1 Å². The van der Waals surface area contributed by atoms with E-state index >= 15 is 0 Å². The zero-order chi connectivity index (χ0) is 17.8. The highest BCUT2D eigenvalue weighted by Gasteiger charge is 2.24. The van der Waals surface area contributed by atoms with Gasteiger partial charge in [0.15, 0.2) is 0 Å². The number of carbonyl (C=O) groups is 1. The third kappa shape index (κ3) is 4.04. The number of amides is 1. The molecule has 2 heterocycles. The van der Waals surface area contributed by atoms with Crippen molar-refractivity contribution >= 4 is 17.5 Å². The monoisotopic (exact) mass is 343 g/mol. The molecule has 1 atom stereocenters. The lowest BCUT2D eigenvalue weighted by Gasteiger charge is -2.34. The standard InChI is InChI=1S/C18H22FN5O/c1-23(2)16-10-17(21-12-20-16)24-9-5-6-13(11-24)22-18(25)14-7-3-4-8-15(14)19/h3-4,7-8,10,12-13H,5-6,9,11H2,1-2H3,(H,22,25)/t13-/m0/s1. The van der Waals surface area contributed by atoms with Gasteiger partial charge in [0.05, 0.1) is 5.56 Å². The van der Waals surface area contributed by atoms with E-state index in [1.54, 1.807) is 18.5 Å². The Morgan fingerprint density at radius 1 is 1.32 bits per heavy atom. The minimum absolute atomic E-state index is 0.0429. The summed E-state index contributed by atoms with van der Waals surface area (Å²) in [5.41, 5.74) is 0.0801. The number of anilines is 2. The summed E-state index contributed by atoms with van der Waals surface area (Å²) in [5.74, 6) is 0.798. The average molecular weight is 343 g/mol. The predicted molar refractivity (Wildman–Crippen MR) is 95.5 cm³/mol. The second-order valence-corrected chi connectivity index (χ2v) is 6.37. The summed E-state index contributed by atoms with van der Waals surface area (Å²) in [5, 5.41) is 2.94. The normalized spacial score (nSPS) is 17.2. The summed E-state index contributed by atoms with van der Waals surface area (Å²) >= 11 is 0. The van der Waals surface area contributed by atoms with Crippen molar-refractivity contribution in [1.29, 1.82) is 0 Å². The smallest absolute Gasteiger partial charge is 0.254 e. The van der Waals surface area contributed by atoms with Crippen LogP contribution in [0.3, 0.4) is 0 Å². The number of benzene rings is 1. The lowest BCUT2D eigenvalue weighted by atomic mass is 10.0. The third-order valence-electron chi connectivity index (χ3n) is 4.30. The first kappa shape index (κ1) is 17.1. The molecule has 1 saturated heterocycles. The highest BCUT2D eigenvalue weighted by Crippen LogP contribution is 2.21. The van der Waals surface area contributed by atoms with Gasteiger partial charge in [0.1, 0.15) is 23.8 Å². The molecule has 1 aliphatic heterocycles. The van der Waals surface area contributed by atoms with Gasteiger partial charge in [0.25, 0.3) is 5.91 Å². The van der Waals surface area contributed by atoms with Crippen LogP contribution in [0.4, 0.5) is 16.0 Å². The topological polar surface area (TPSA) is 61.4 Å². The van der Waals surface area contributed by atoms with Crippen LogP contribution in [-0.4, -0.2) is 49.1 Å². The number of halogens is 1. The fourth-order valence-corrected chi connectivity index (χ4v) is 2.97. The van der Waals surface area contributed by atoms with Gasteiger partial charge < -0.3 is 15.1 Å². The molecule has 1 aliphatic rings. The molecule has 6 nitrogen and oxygen atoms in total. The van der Waals surface area contributed by atoms with Crippen molar-refractivity contribution in [3.05, 3.63) is 48.0 Å². The molecule has 3 rings (SSSR count). The quantitative estimate of drug-likeness (QED) is 0.921. The number of piperidine rings is 1. The Balaban J connectivity index is 1.68. The number of nitrogens with one attached hydrogen (secondary N) is 1. The Morgan fingerprint density at radius 3 is 2.88 bits per heavy atom. The largest absolute Gasteiger partial charge is 0.363 e. The van der Waals surface area contributed by atoms with Crippen LogP contribution in [-0.2, 0) is 0 Å². The van der Waals surface area contributed by atoms with Gasteiger partial charge in [-0.15, -0.1) is 0 Å². The Kier molecular flexibility index (Phi) is 5.11. The van der Waals surface area contributed by atoms with Crippen LogP contribution < -0.4 is 15.1 Å². The van der Waals surface area contributed by atoms with Crippen LogP contribution in [0.15, 0.2) is 36.7 Å². The van der Waals surface area contributed by atoms with Gasteiger partial charge >= 0.3 is 0 Å². The van der Waals surface area contributed by atoms with Crippen LogP contribution in [0, 0.1) is 5.82 Å². The van der Waals surface area contributed by atoms with E-state index in [2.05, 4.69) is 20.2 Å². The number of rotatable bonds is 4. The molecule has 0 saturated carbocycles. The summed E-state index contributed by atoms with van der Waals surface area (Å²) in [6.45, 7) is 1.51. The number of aromatic nitrogens is 2. The molecule has 25 heavy (non-hydrogen) atoms. The van der Waals surface area contributed by atoms with Gasteiger partial charge in [-0.3, -0.25) is 4.79 Å². The molecule has 0 spiro atoms. The number of carbonyl (C=O) groups excluding carboxylic acids is 1. The van der Waals surface area contributed by atoms with Gasteiger partial charge in [0.2, 0.25) is 0 Å². The van der Waals surface area contributed by atoms with Crippen LogP contribution in [0.25, 0.3) is 0 Å². The zero-order valence-corrected chi connectivity index (χ0v) is 14.4. The van der Waals surface area contributed by atoms with Gasteiger partial charge in [-0.05, 0) is 25.0 Å². The molecule has 1 fully saturated rings. The van der Waals surface area contributed by atoms with Crippen molar-refractivity contribution in [3.8, 4) is 0 Å². The fourth-order valence-electron chi connectivity index (χ4n) is 2.97. The first-order valence-electron chi connectivity index (χ1n) is 8.34. The maximum absolute atomic E-state index is 13.8. The second-order valence-electron chi connectivity index (χ2n) is 6.37. The third-order valence-corrected chi connectivity index (χ3v) is 4.30. The van der Waals surface area contributed by atoms with E-state index in [1.165, 1.54) is 12.1 Å². The summed E-state index contributed by atoms with van der Waals surface area (Å²) in [7, 11) is 3.86. The first-order valence-corrected chi connectivity index (χ1v) is 8.34. The van der Waals surface area contributed by atoms with E-state index in [0.717, 1.165) is 31.0 Å². The molecule has 0 aliphatic carbocycles. The van der Waals surface area contributed by atoms with E-state index in [-0.39, 0.29) is 17.5 Å². The molecule has 0 bridgehead atoms. The van der Waals surface area contributed by atoms with Crippen molar-refractivity contribution in [2.75, 3.05) is 37.0 Å². The van der Waals surface area contributed by atoms with Crippen molar-refractivity contribution in [1.82, 2.24) is 15.3 Å². The van der Waals surface area contributed by atoms with Crippen molar-refractivity contribution in [3.63, 3.8) is 0 Å². The number of hydrogen-bond donors (Lipinski definition) is 1. The van der Waals surface area contributed by atoms with E-state index in [0.29, 0.717) is 6.54 Å². The molecule has 132 valence electrons. The van der Waals surface area contributed by atoms with Crippen molar-refractivity contribution in [2.45, 2.75) is 18.9 Å². The number of nitrogens with zero attached hydrogens (tertiary/aromatic N) is 4. The SMILES string of the molecule is CN(C)c1cc(N2CCC[C@H](NC(=O)c3ccccc3F)C2)ncn1. The molecule has 1 amide bonds. The highest BCUT2D eigenvalue weighted by atomic mass is 19.1. The molecule has 0 radical (unpaired) electrons. The van der Waals surface area contributed by atoms with Gasteiger partial charge in [-0.25, -0.2) is 14.4 Å². The summed E-state index contributed by atoms with van der Waals surface area (Å²) in [4.78, 5) is 24.9. The average Bonchev–Trinajstić information content (AvgIpc) is 2.62. The van der Waals surface area contributed by atoms with Gasteiger partial charge in [0, 0.05) is 39.3 Å². The lowest BCUT2D eigenvalue weighted by Crippen LogP contribution is -2.48. The van der Waals surface area contributed by atoms with Gasteiger partial charge in [-0.1, -0.05) is 12.1 Å². The molecular formula is C18H22FN5O. The molecule has 7 heteroatoms. The Bertz CT molecular complexity index is 752. The maximum atomic E-state index is 13.8. The van der Waals surface area contributed by atoms with Crippen LogP contribution in [0.2, 0.25) is 0 Å². The van der Waals surface area contributed by atoms with E-state index in [4.69, 9.17) is 0 Å². The molecular weight excluding hydrogens is 321 g/mol. The minimum Gasteiger partial charge on any atom is -0.363 e. The lowest BCUT2D eigenvalue weighted by molar-refractivity contribution is 0.0929. The van der Waals surface area contributed by atoms with E-state index in [9.17, 15) is 9.18 Å². The maximum Gasteiger partial charge on any atom is 0.254 e. The van der Waals surface area contributed by atoms with E-state index < -0.39 is 5.82 Å².